The Morgan fingerprint density at radius 3 is 1.39 bits per heavy atom. The highest BCUT2D eigenvalue weighted by molar-refractivity contribution is 8.76. The number of anilines is 2. The molecule has 2 fully saturated rings. The van der Waals surface area contributed by atoms with Gasteiger partial charge in [-0.2, -0.15) is 0 Å². The Labute approximate surface area is 273 Å². The van der Waals surface area contributed by atoms with Crippen molar-refractivity contribution in [3.05, 3.63) is 95.2 Å². The average molecular weight is 655 g/mol. The van der Waals surface area contributed by atoms with Gasteiger partial charge in [0.2, 0.25) is 0 Å². The largest absolute Gasteiger partial charge is 0.335 e. The summed E-state index contributed by atoms with van der Waals surface area (Å²) in [6.07, 6.45) is 9.10. The van der Waals surface area contributed by atoms with Crippen LogP contribution in [0.15, 0.2) is 93.9 Å². The van der Waals surface area contributed by atoms with Gasteiger partial charge in [0.1, 0.15) is 22.5 Å². The number of aromatic nitrogens is 4. The minimum atomic E-state index is 0.826. The molecule has 0 saturated carbocycles. The number of thiophene rings is 2. The fourth-order valence-electron chi connectivity index (χ4n) is 6.23. The van der Waals surface area contributed by atoms with E-state index in [1.807, 2.05) is 34.2 Å². The quantitative estimate of drug-likeness (QED) is 0.118. The molecule has 0 amide bonds. The molecule has 2 saturated heterocycles. The van der Waals surface area contributed by atoms with Gasteiger partial charge in [0.05, 0.1) is 0 Å². The van der Waals surface area contributed by atoms with Gasteiger partial charge in [-0.25, -0.2) is 9.13 Å². The van der Waals surface area contributed by atoms with Crippen LogP contribution in [-0.4, -0.2) is 36.1 Å². The van der Waals surface area contributed by atoms with Gasteiger partial charge in [-0.3, -0.25) is 0 Å². The number of hydrogen-bond donors (Lipinski definition) is 0. The van der Waals surface area contributed by atoms with Crippen LogP contribution in [0.4, 0.5) is 11.6 Å². The molecule has 6 nitrogen and oxygen atoms in total. The Morgan fingerprint density at radius 1 is 0.568 bits per heavy atom. The zero-order valence-corrected chi connectivity index (χ0v) is 27.7. The lowest BCUT2D eigenvalue weighted by Gasteiger charge is -2.13. The predicted molar refractivity (Wildman–Crippen MR) is 185 cm³/mol. The number of fused-ring (bicyclic) bond motifs is 2. The molecule has 44 heavy (non-hydrogen) atoms. The van der Waals surface area contributed by atoms with Gasteiger partial charge < -0.3 is 9.80 Å². The third-order valence-electron chi connectivity index (χ3n) is 8.55. The van der Waals surface area contributed by atoms with E-state index < -0.39 is 0 Å². The van der Waals surface area contributed by atoms with E-state index in [4.69, 9.17) is 9.97 Å². The monoisotopic (exact) mass is 654 g/mol. The lowest BCUT2D eigenvalue weighted by Crippen LogP contribution is -2.36. The van der Waals surface area contributed by atoms with Crippen LogP contribution in [0.25, 0.3) is 20.4 Å². The Hall–Kier alpha value is -3.18. The van der Waals surface area contributed by atoms with Crippen LogP contribution in [0.1, 0.15) is 36.8 Å². The summed E-state index contributed by atoms with van der Waals surface area (Å²) in [6, 6.07) is 22.4. The molecule has 0 radical (unpaired) electrons. The van der Waals surface area contributed by atoms with Crippen molar-refractivity contribution in [1.82, 2.24) is 9.97 Å². The maximum atomic E-state index is 4.88. The summed E-state index contributed by atoms with van der Waals surface area (Å²) in [5, 5.41) is 4.38. The fraction of sp³-hybridized carbons (Fsp3) is 0.294. The molecule has 0 aliphatic carbocycles. The SMILES string of the molecule is c1cc2c(s1)c(N1CCCC1)nc[n+]2Cc1ccc(SSc2ccc(C[n+]3cnc(N4CCCC4)c4sccc43)cc2)cc1. The lowest BCUT2D eigenvalue weighted by molar-refractivity contribution is -0.665. The average Bonchev–Trinajstić information content (AvgIpc) is 3.89. The van der Waals surface area contributed by atoms with Gasteiger partial charge in [-0.15, -0.1) is 22.7 Å². The first-order valence-electron chi connectivity index (χ1n) is 15.3. The lowest BCUT2D eigenvalue weighted by atomic mass is 10.2. The van der Waals surface area contributed by atoms with Crippen LogP contribution in [-0.2, 0) is 13.1 Å². The molecule has 0 spiro atoms. The molecule has 6 heterocycles. The smallest absolute Gasteiger partial charge is 0.289 e. The van der Waals surface area contributed by atoms with E-state index in [9.17, 15) is 0 Å². The van der Waals surface area contributed by atoms with Crippen LogP contribution in [0.3, 0.4) is 0 Å². The van der Waals surface area contributed by atoms with Gasteiger partial charge in [0, 0.05) is 36.0 Å². The van der Waals surface area contributed by atoms with Crippen LogP contribution >= 0.6 is 44.3 Å². The van der Waals surface area contributed by atoms with Crippen LogP contribution < -0.4 is 18.9 Å². The Bertz CT molecular complexity index is 1750. The van der Waals surface area contributed by atoms with Crippen LogP contribution in [0.5, 0.6) is 0 Å². The molecule has 4 aromatic heterocycles. The summed E-state index contributed by atoms with van der Waals surface area (Å²) in [7, 11) is 3.62. The number of benzene rings is 2. The van der Waals surface area contributed by atoms with Crippen molar-refractivity contribution in [2.75, 3.05) is 36.0 Å². The number of nitrogens with zero attached hydrogens (tertiary/aromatic N) is 6. The molecule has 0 N–H and O–H groups in total. The molecule has 0 bridgehead atoms. The van der Waals surface area contributed by atoms with E-state index in [1.165, 1.54) is 67.0 Å². The topological polar surface area (TPSA) is 40.0 Å². The van der Waals surface area contributed by atoms with Crippen molar-refractivity contribution in [2.45, 2.75) is 48.6 Å². The number of rotatable bonds is 9. The Balaban J connectivity index is 0.891. The van der Waals surface area contributed by atoms with Crippen LogP contribution in [0, 0.1) is 0 Å². The van der Waals surface area contributed by atoms with E-state index >= 15 is 0 Å². The zero-order valence-electron chi connectivity index (χ0n) is 24.5. The minimum absolute atomic E-state index is 0.826. The first kappa shape index (κ1) is 28.3. The molecule has 222 valence electrons. The third kappa shape index (κ3) is 5.80. The van der Waals surface area contributed by atoms with Crippen molar-refractivity contribution >= 4 is 76.3 Å². The van der Waals surface area contributed by atoms with Crippen molar-refractivity contribution in [3.8, 4) is 0 Å². The summed E-state index contributed by atoms with van der Waals surface area (Å²) in [4.78, 5) is 17.2. The summed E-state index contributed by atoms with van der Waals surface area (Å²) in [5.74, 6) is 2.31. The highest BCUT2D eigenvalue weighted by Gasteiger charge is 2.25. The van der Waals surface area contributed by atoms with Crippen molar-refractivity contribution in [2.24, 2.45) is 0 Å². The van der Waals surface area contributed by atoms with Gasteiger partial charge >= 0.3 is 0 Å². The second kappa shape index (κ2) is 12.7. The molecule has 6 aromatic rings. The van der Waals surface area contributed by atoms with Gasteiger partial charge in [0.15, 0.2) is 11.0 Å². The maximum Gasteiger partial charge on any atom is 0.289 e. The zero-order chi connectivity index (χ0) is 29.3. The maximum absolute atomic E-state index is 4.88. The molecule has 0 atom stereocenters. The summed E-state index contributed by atoms with van der Waals surface area (Å²) >= 11 is 3.61. The van der Waals surface area contributed by atoms with E-state index in [1.54, 1.807) is 22.7 Å². The molecule has 8 rings (SSSR count). The molecular weight excluding hydrogens is 621 g/mol. The normalized spacial score (nSPS) is 15.3. The van der Waals surface area contributed by atoms with Gasteiger partial charge in [-0.05, 0) is 93.9 Å². The van der Waals surface area contributed by atoms with E-state index in [0.717, 1.165) is 50.9 Å². The molecule has 10 heteroatoms. The minimum Gasteiger partial charge on any atom is -0.335 e. The summed E-state index contributed by atoms with van der Waals surface area (Å²) < 4.78 is 7.16. The second-order valence-corrected chi connectivity index (χ2v) is 15.6. The first-order valence-corrected chi connectivity index (χ1v) is 19.2. The van der Waals surface area contributed by atoms with E-state index in [-0.39, 0.29) is 0 Å². The predicted octanol–water partition coefficient (Wildman–Crippen LogP) is 7.58. The summed E-state index contributed by atoms with van der Waals surface area (Å²) in [6.45, 7) is 6.13. The first-order chi connectivity index (χ1) is 21.8. The molecule has 2 aliphatic rings. The fourth-order valence-corrected chi connectivity index (χ4v) is 10.0. The van der Waals surface area contributed by atoms with Crippen molar-refractivity contribution in [1.29, 1.82) is 0 Å². The molecular formula is C34H34N6S4+2. The van der Waals surface area contributed by atoms with Crippen LogP contribution in [0.2, 0.25) is 0 Å². The van der Waals surface area contributed by atoms with Crippen molar-refractivity contribution < 1.29 is 9.13 Å². The Morgan fingerprint density at radius 2 is 0.977 bits per heavy atom. The molecule has 2 aliphatic heterocycles. The van der Waals surface area contributed by atoms with Gasteiger partial charge in [-0.1, -0.05) is 45.9 Å². The van der Waals surface area contributed by atoms with E-state index in [2.05, 4.69) is 90.4 Å². The third-order valence-corrected chi connectivity index (χ3v) is 12.8. The van der Waals surface area contributed by atoms with E-state index in [0.29, 0.717) is 0 Å². The number of hydrogen-bond acceptors (Lipinski definition) is 8. The van der Waals surface area contributed by atoms with Gasteiger partial charge in [0.25, 0.3) is 24.3 Å². The summed E-state index contributed by atoms with van der Waals surface area (Å²) in [5.41, 5.74) is 5.13. The van der Waals surface area contributed by atoms with Crippen molar-refractivity contribution in [3.63, 3.8) is 0 Å². The second-order valence-electron chi connectivity index (χ2n) is 11.5. The highest BCUT2D eigenvalue weighted by atomic mass is 33.1. The molecule has 2 aromatic carbocycles. The Kier molecular flexibility index (Phi) is 8.15. The molecule has 0 unspecified atom stereocenters. The standard InChI is InChI=1S/C34H34N6S4/c1-2-16-37(15-1)33-31-29(13-19-41-31)39(23-35-33)21-25-5-9-27(10-6-25)43-44-28-11-7-26(8-12-28)22-40-24-36-34(38-17-3-4-18-38)32-30(40)14-20-42-32/h5-14,19-20,23-24H,1-4,15-18,21-22H2/q+2. The highest BCUT2D eigenvalue weighted by Crippen LogP contribution is 2.37.